The van der Waals surface area contributed by atoms with Gasteiger partial charge in [-0.25, -0.2) is 0 Å². The van der Waals surface area contributed by atoms with E-state index in [9.17, 15) is 4.79 Å². The van der Waals surface area contributed by atoms with Gasteiger partial charge in [0.25, 0.3) is 5.91 Å². The molecule has 0 unspecified atom stereocenters. The van der Waals surface area contributed by atoms with Crippen molar-refractivity contribution in [1.29, 1.82) is 0 Å². The molecule has 1 aliphatic heterocycles. The highest BCUT2D eigenvalue weighted by Crippen LogP contribution is 2.39. The van der Waals surface area contributed by atoms with E-state index in [2.05, 4.69) is 20.6 Å². The molecular weight excluding hydrogens is 330 g/mol. The molecule has 5 rings (SSSR count). The second-order valence-corrected chi connectivity index (χ2v) is 6.95. The van der Waals surface area contributed by atoms with Gasteiger partial charge in [0.1, 0.15) is 0 Å². The molecule has 0 saturated heterocycles. The lowest BCUT2D eigenvalue weighted by Crippen LogP contribution is -2.17. The summed E-state index contributed by atoms with van der Waals surface area (Å²) >= 11 is 0. The fourth-order valence-corrected chi connectivity index (χ4v) is 3.39. The Balaban J connectivity index is 1.37. The Hall–Kier alpha value is -2.96. The minimum atomic E-state index is -0.128. The van der Waals surface area contributed by atoms with Crippen molar-refractivity contribution in [3.63, 3.8) is 0 Å². The minimum Gasteiger partial charge on any atom is -0.339 e. The highest BCUT2D eigenvalue weighted by molar-refractivity contribution is 6.05. The van der Waals surface area contributed by atoms with Crippen LogP contribution in [0.3, 0.4) is 0 Å². The van der Waals surface area contributed by atoms with Crippen LogP contribution in [-0.2, 0) is 13.0 Å². The maximum Gasteiger partial charge on any atom is 0.259 e. The van der Waals surface area contributed by atoms with Crippen molar-refractivity contribution in [2.45, 2.75) is 44.6 Å². The summed E-state index contributed by atoms with van der Waals surface area (Å²) in [5, 5.41) is 11.4. The van der Waals surface area contributed by atoms with Crippen molar-refractivity contribution in [3.05, 3.63) is 47.6 Å². The normalized spacial score (nSPS) is 16.3. The first kappa shape index (κ1) is 15.3. The van der Waals surface area contributed by atoms with Crippen molar-refractivity contribution < 1.29 is 9.32 Å². The van der Waals surface area contributed by atoms with E-state index in [1.807, 2.05) is 28.9 Å². The summed E-state index contributed by atoms with van der Waals surface area (Å²) in [7, 11) is 0. The molecule has 1 aliphatic carbocycles. The summed E-state index contributed by atoms with van der Waals surface area (Å²) in [6.45, 7) is 0.888. The fraction of sp³-hybridized carbons (Fsp3) is 0.368. The summed E-state index contributed by atoms with van der Waals surface area (Å²) in [6, 6.07) is 7.53. The summed E-state index contributed by atoms with van der Waals surface area (Å²) < 4.78 is 7.26. The lowest BCUT2D eigenvalue weighted by molar-refractivity contribution is 0.102. The molecule has 3 heterocycles. The Morgan fingerprint density at radius 1 is 1.27 bits per heavy atom. The predicted molar refractivity (Wildman–Crippen MR) is 94.8 cm³/mol. The summed E-state index contributed by atoms with van der Waals surface area (Å²) in [5.74, 6) is 1.57. The van der Waals surface area contributed by atoms with E-state index < -0.39 is 0 Å². The summed E-state index contributed by atoms with van der Waals surface area (Å²) in [5.41, 5.74) is 3.22. The van der Waals surface area contributed by atoms with Crippen molar-refractivity contribution >= 4 is 11.6 Å². The van der Waals surface area contributed by atoms with E-state index in [-0.39, 0.29) is 5.91 Å². The predicted octanol–water partition coefficient (Wildman–Crippen LogP) is 3.40. The fourth-order valence-electron chi connectivity index (χ4n) is 3.39. The maximum absolute atomic E-state index is 12.7. The van der Waals surface area contributed by atoms with Crippen LogP contribution in [0.5, 0.6) is 0 Å². The third-order valence-electron chi connectivity index (χ3n) is 4.97. The van der Waals surface area contributed by atoms with Gasteiger partial charge in [0.05, 0.1) is 17.5 Å². The number of hydrogen-bond donors (Lipinski definition) is 1. The molecule has 0 bridgehead atoms. The molecule has 132 valence electrons. The second-order valence-electron chi connectivity index (χ2n) is 6.95. The van der Waals surface area contributed by atoms with Gasteiger partial charge in [-0.1, -0.05) is 17.3 Å². The molecule has 0 spiro atoms. The van der Waals surface area contributed by atoms with Crippen molar-refractivity contribution in [2.75, 3.05) is 5.32 Å². The number of amides is 1. The zero-order valence-corrected chi connectivity index (χ0v) is 14.3. The average molecular weight is 349 g/mol. The Morgan fingerprint density at radius 3 is 3.08 bits per heavy atom. The molecule has 1 fully saturated rings. The van der Waals surface area contributed by atoms with Crippen LogP contribution in [0.15, 0.2) is 35.0 Å². The molecule has 0 atom stereocenters. The van der Waals surface area contributed by atoms with Gasteiger partial charge in [0, 0.05) is 23.7 Å². The number of rotatable bonds is 4. The van der Waals surface area contributed by atoms with Crippen LogP contribution in [0.2, 0.25) is 0 Å². The largest absolute Gasteiger partial charge is 0.339 e. The number of aromatic nitrogens is 4. The molecule has 26 heavy (non-hydrogen) atoms. The lowest BCUT2D eigenvalue weighted by Gasteiger charge is -2.14. The summed E-state index contributed by atoms with van der Waals surface area (Å²) in [4.78, 5) is 17.1. The monoisotopic (exact) mass is 349 g/mol. The van der Waals surface area contributed by atoms with Gasteiger partial charge in [-0.3, -0.25) is 9.48 Å². The van der Waals surface area contributed by atoms with Crippen molar-refractivity contribution in [1.82, 2.24) is 19.9 Å². The number of hydrogen-bond acceptors (Lipinski definition) is 5. The average Bonchev–Trinajstić information content (AvgIpc) is 3.24. The van der Waals surface area contributed by atoms with Crippen molar-refractivity contribution in [3.8, 4) is 11.4 Å². The van der Waals surface area contributed by atoms with Gasteiger partial charge in [-0.15, -0.1) is 0 Å². The Labute approximate surface area is 150 Å². The maximum atomic E-state index is 12.7. The first-order chi connectivity index (χ1) is 12.8. The smallest absolute Gasteiger partial charge is 0.259 e. The van der Waals surface area contributed by atoms with Crippen LogP contribution in [-0.4, -0.2) is 25.8 Å². The van der Waals surface area contributed by atoms with E-state index >= 15 is 0 Å². The van der Waals surface area contributed by atoms with Gasteiger partial charge < -0.3 is 9.84 Å². The standard InChI is InChI=1S/C19H19N5O2/c25-18(15-11-20-24-9-2-1-6-16(15)24)21-14-5-3-4-13(10-14)17-22-19(26-23-17)12-7-8-12/h3-5,10-12H,1-2,6-9H2,(H,21,25). The number of aryl methyl sites for hydroxylation is 1. The van der Waals surface area contributed by atoms with Crippen molar-refractivity contribution in [2.24, 2.45) is 0 Å². The third-order valence-corrected chi connectivity index (χ3v) is 4.97. The first-order valence-electron chi connectivity index (χ1n) is 9.08. The quantitative estimate of drug-likeness (QED) is 0.780. The minimum absolute atomic E-state index is 0.128. The summed E-state index contributed by atoms with van der Waals surface area (Å²) in [6.07, 6.45) is 7.02. The van der Waals surface area contributed by atoms with Crippen LogP contribution < -0.4 is 5.32 Å². The molecule has 2 aromatic heterocycles. The SMILES string of the molecule is O=C(Nc1cccc(-c2noc(C3CC3)n2)c1)c1cnn2c1CCCC2. The highest BCUT2D eigenvalue weighted by Gasteiger charge is 2.29. The second kappa shape index (κ2) is 6.09. The van der Waals surface area contributed by atoms with Crippen LogP contribution >= 0.6 is 0 Å². The zero-order valence-electron chi connectivity index (χ0n) is 14.3. The Bertz CT molecular complexity index is 970. The number of fused-ring (bicyclic) bond motifs is 1. The first-order valence-corrected chi connectivity index (χ1v) is 9.08. The van der Waals surface area contributed by atoms with Crippen LogP contribution in [0.1, 0.15) is 53.5 Å². The van der Waals surface area contributed by atoms with Gasteiger partial charge in [-0.2, -0.15) is 10.1 Å². The van der Waals surface area contributed by atoms with Gasteiger partial charge >= 0.3 is 0 Å². The number of nitrogens with zero attached hydrogens (tertiary/aromatic N) is 4. The number of benzene rings is 1. The van der Waals surface area contributed by atoms with E-state index in [0.717, 1.165) is 49.9 Å². The lowest BCUT2D eigenvalue weighted by atomic mass is 10.1. The van der Waals surface area contributed by atoms with Crippen LogP contribution in [0, 0.1) is 0 Å². The topological polar surface area (TPSA) is 85.8 Å². The number of anilines is 1. The molecule has 7 nitrogen and oxygen atoms in total. The molecule has 1 aromatic carbocycles. The highest BCUT2D eigenvalue weighted by atomic mass is 16.5. The molecule has 1 saturated carbocycles. The van der Waals surface area contributed by atoms with Crippen LogP contribution in [0.25, 0.3) is 11.4 Å². The number of carbonyl (C=O) groups is 1. The van der Waals surface area contributed by atoms with Gasteiger partial charge in [0.2, 0.25) is 11.7 Å². The number of nitrogens with one attached hydrogen (secondary N) is 1. The molecule has 0 radical (unpaired) electrons. The molecule has 3 aromatic rings. The molecule has 1 N–H and O–H groups in total. The Morgan fingerprint density at radius 2 is 2.19 bits per heavy atom. The molecule has 7 heteroatoms. The van der Waals surface area contributed by atoms with E-state index in [1.165, 1.54) is 0 Å². The van der Waals surface area contributed by atoms with Crippen LogP contribution in [0.4, 0.5) is 5.69 Å². The van der Waals surface area contributed by atoms with E-state index in [4.69, 9.17) is 4.52 Å². The number of carbonyl (C=O) groups excluding carboxylic acids is 1. The Kier molecular flexibility index (Phi) is 3.58. The molecule has 1 amide bonds. The van der Waals surface area contributed by atoms with Gasteiger partial charge in [0.15, 0.2) is 0 Å². The third kappa shape index (κ3) is 2.79. The zero-order chi connectivity index (χ0) is 17.5. The molecule has 2 aliphatic rings. The van der Waals surface area contributed by atoms with E-state index in [1.54, 1.807) is 6.20 Å². The van der Waals surface area contributed by atoms with E-state index in [0.29, 0.717) is 28.9 Å². The molecular formula is C19H19N5O2. The van der Waals surface area contributed by atoms with Gasteiger partial charge in [-0.05, 0) is 44.2 Å².